The fourth-order valence-electron chi connectivity index (χ4n) is 2.29. The van der Waals surface area contributed by atoms with Crippen molar-refractivity contribution in [2.24, 2.45) is 0 Å². The lowest BCUT2D eigenvalue weighted by atomic mass is 10.1. The molecule has 0 aliphatic heterocycles. The molecule has 0 aromatic heterocycles. The lowest BCUT2D eigenvalue weighted by Crippen LogP contribution is -1.97. The van der Waals surface area contributed by atoms with Crippen molar-refractivity contribution in [2.45, 2.75) is 6.42 Å². The highest BCUT2D eigenvalue weighted by atomic mass is 19.1. The molecule has 0 radical (unpaired) electrons. The minimum Gasteiger partial charge on any atom is -0.289 e. The van der Waals surface area contributed by atoms with Crippen LogP contribution in [0.2, 0.25) is 0 Å². The van der Waals surface area contributed by atoms with Gasteiger partial charge in [0, 0.05) is 23.1 Å². The van der Waals surface area contributed by atoms with Crippen LogP contribution in [-0.2, 0) is 6.42 Å². The largest absolute Gasteiger partial charge is 0.289 e. The molecule has 3 rings (SSSR count). The molecule has 0 bridgehead atoms. The maximum absolute atomic E-state index is 13.6. The third kappa shape index (κ3) is 1.97. The van der Waals surface area contributed by atoms with Crippen LogP contribution in [0.4, 0.5) is 8.78 Å². The van der Waals surface area contributed by atoms with Crippen molar-refractivity contribution in [3.05, 3.63) is 76.4 Å². The van der Waals surface area contributed by atoms with E-state index >= 15 is 0 Å². The molecule has 1 aliphatic carbocycles. The Morgan fingerprint density at radius 3 is 2.32 bits per heavy atom. The maximum Gasteiger partial charge on any atom is 0.189 e. The second-order valence-corrected chi connectivity index (χ2v) is 4.47. The molecular weight excluding hydrogens is 246 g/mol. The quantitative estimate of drug-likeness (QED) is 0.709. The molecule has 0 saturated carbocycles. The molecule has 94 valence electrons. The van der Waals surface area contributed by atoms with E-state index in [0.29, 0.717) is 17.6 Å². The molecule has 1 aliphatic rings. The highest BCUT2D eigenvalue weighted by molar-refractivity contribution is 6.15. The van der Waals surface area contributed by atoms with Gasteiger partial charge in [0.25, 0.3) is 0 Å². The number of benzene rings is 2. The minimum atomic E-state index is -0.656. The van der Waals surface area contributed by atoms with Gasteiger partial charge in [-0.25, -0.2) is 8.78 Å². The standard InChI is InChI=1S/C16H10F2O/c17-14-6-3-7-15(18)13(14)9-11-8-10-4-1-2-5-12(10)16(11)19/h1-7,9H,8H2/b11-9+. The zero-order valence-electron chi connectivity index (χ0n) is 9.99. The topological polar surface area (TPSA) is 17.1 Å². The van der Waals surface area contributed by atoms with Crippen LogP contribution in [0.1, 0.15) is 21.5 Å². The van der Waals surface area contributed by atoms with Crippen molar-refractivity contribution in [2.75, 3.05) is 0 Å². The van der Waals surface area contributed by atoms with Gasteiger partial charge in [-0.05, 0) is 23.8 Å². The summed E-state index contributed by atoms with van der Waals surface area (Å²) in [5, 5.41) is 0. The average molecular weight is 256 g/mol. The number of rotatable bonds is 1. The van der Waals surface area contributed by atoms with Crippen molar-refractivity contribution < 1.29 is 13.6 Å². The first-order valence-corrected chi connectivity index (χ1v) is 5.94. The summed E-state index contributed by atoms with van der Waals surface area (Å²) in [6.07, 6.45) is 1.73. The first kappa shape index (κ1) is 11.8. The minimum absolute atomic E-state index is 0.154. The van der Waals surface area contributed by atoms with E-state index in [4.69, 9.17) is 0 Å². The number of fused-ring (bicyclic) bond motifs is 1. The third-order valence-electron chi connectivity index (χ3n) is 3.25. The normalized spacial score (nSPS) is 15.9. The van der Waals surface area contributed by atoms with Gasteiger partial charge in [0.1, 0.15) is 11.6 Å². The van der Waals surface area contributed by atoms with Gasteiger partial charge in [-0.3, -0.25) is 4.79 Å². The van der Waals surface area contributed by atoms with Crippen LogP contribution in [-0.4, -0.2) is 5.78 Å². The number of halogens is 2. The number of hydrogen-bond donors (Lipinski definition) is 0. The average Bonchev–Trinajstić information content (AvgIpc) is 2.72. The molecule has 0 spiro atoms. The summed E-state index contributed by atoms with van der Waals surface area (Å²) >= 11 is 0. The van der Waals surface area contributed by atoms with E-state index in [2.05, 4.69) is 0 Å². The number of carbonyl (C=O) groups is 1. The Morgan fingerprint density at radius 2 is 1.63 bits per heavy atom. The molecule has 0 fully saturated rings. The molecule has 0 saturated heterocycles. The predicted octanol–water partition coefficient (Wildman–Crippen LogP) is 3.79. The van der Waals surface area contributed by atoms with Gasteiger partial charge in [-0.15, -0.1) is 0 Å². The van der Waals surface area contributed by atoms with E-state index in [0.717, 1.165) is 5.56 Å². The zero-order valence-corrected chi connectivity index (χ0v) is 9.99. The Kier molecular flexibility index (Phi) is 2.75. The van der Waals surface area contributed by atoms with Gasteiger partial charge < -0.3 is 0 Å². The number of hydrogen-bond acceptors (Lipinski definition) is 1. The van der Waals surface area contributed by atoms with E-state index in [-0.39, 0.29) is 11.3 Å². The van der Waals surface area contributed by atoms with Gasteiger partial charge in [-0.2, -0.15) is 0 Å². The van der Waals surface area contributed by atoms with Crippen LogP contribution in [0, 0.1) is 11.6 Å². The Bertz CT molecular complexity index is 681. The monoisotopic (exact) mass is 256 g/mol. The Morgan fingerprint density at radius 1 is 0.947 bits per heavy atom. The number of Topliss-reactive ketones (excluding diaryl/α,β-unsaturated/α-hetero) is 1. The van der Waals surface area contributed by atoms with Crippen LogP contribution < -0.4 is 0 Å². The second kappa shape index (κ2) is 4.43. The molecule has 3 heteroatoms. The Hall–Kier alpha value is -2.29. The second-order valence-electron chi connectivity index (χ2n) is 4.47. The first-order chi connectivity index (χ1) is 9.16. The van der Waals surface area contributed by atoms with Gasteiger partial charge >= 0.3 is 0 Å². The highest BCUT2D eigenvalue weighted by Crippen LogP contribution is 2.28. The summed E-state index contributed by atoms with van der Waals surface area (Å²) < 4.78 is 27.1. The Labute approximate surface area is 109 Å². The van der Waals surface area contributed by atoms with E-state index < -0.39 is 11.6 Å². The molecule has 2 aromatic carbocycles. The lowest BCUT2D eigenvalue weighted by Gasteiger charge is -2.00. The first-order valence-electron chi connectivity index (χ1n) is 5.94. The molecule has 0 heterocycles. The van der Waals surface area contributed by atoms with Crippen molar-refractivity contribution >= 4 is 11.9 Å². The molecule has 1 nitrogen and oxygen atoms in total. The van der Waals surface area contributed by atoms with Crippen LogP contribution in [0.5, 0.6) is 0 Å². The molecular formula is C16H10F2O. The van der Waals surface area contributed by atoms with Crippen LogP contribution in [0.15, 0.2) is 48.0 Å². The Balaban J connectivity index is 2.06. The van der Waals surface area contributed by atoms with E-state index in [1.54, 1.807) is 12.1 Å². The van der Waals surface area contributed by atoms with Gasteiger partial charge in [0.05, 0.1) is 0 Å². The zero-order chi connectivity index (χ0) is 13.4. The SMILES string of the molecule is O=C1/C(=C/c2c(F)cccc2F)Cc2ccccc21. The molecule has 0 atom stereocenters. The summed E-state index contributed by atoms with van der Waals surface area (Å²) in [7, 11) is 0. The summed E-state index contributed by atoms with van der Waals surface area (Å²) in [4.78, 5) is 12.1. The van der Waals surface area contributed by atoms with E-state index in [1.165, 1.54) is 24.3 Å². The van der Waals surface area contributed by atoms with Crippen LogP contribution in [0.25, 0.3) is 6.08 Å². The molecule has 0 unspecified atom stereocenters. The van der Waals surface area contributed by atoms with E-state index in [1.807, 2.05) is 12.1 Å². The summed E-state index contributed by atoms with van der Waals surface area (Å²) in [6, 6.07) is 10.9. The number of ketones is 1. The van der Waals surface area contributed by atoms with Crippen LogP contribution in [0.3, 0.4) is 0 Å². The number of allylic oxidation sites excluding steroid dienone is 1. The maximum atomic E-state index is 13.6. The highest BCUT2D eigenvalue weighted by Gasteiger charge is 2.24. The van der Waals surface area contributed by atoms with E-state index in [9.17, 15) is 13.6 Å². The fourth-order valence-corrected chi connectivity index (χ4v) is 2.29. The fraction of sp³-hybridized carbons (Fsp3) is 0.0625. The van der Waals surface area contributed by atoms with Gasteiger partial charge in [0.2, 0.25) is 0 Å². The molecule has 2 aromatic rings. The van der Waals surface area contributed by atoms with Crippen molar-refractivity contribution in [1.29, 1.82) is 0 Å². The van der Waals surface area contributed by atoms with Gasteiger partial charge in [0.15, 0.2) is 5.78 Å². The summed E-state index contributed by atoms with van der Waals surface area (Å²) in [6.45, 7) is 0. The summed E-state index contributed by atoms with van der Waals surface area (Å²) in [5.74, 6) is -1.47. The predicted molar refractivity (Wildman–Crippen MR) is 68.8 cm³/mol. The molecule has 0 N–H and O–H groups in total. The van der Waals surface area contributed by atoms with Crippen molar-refractivity contribution in [3.63, 3.8) is 0 Å². The third-order valence-corrected chi connectivity index (χ3v) is 3.25. The number of carbonyl (C=O) groups excluding carboxylic acids is 1. The molecule has 0 amide bonds. The van der Waals surface area contributed by atoms with Gasteiger partial charge in [-0.1, -0.05) is 30.3 Å². The molecule has 19 heavy (non-hydrogen) atoms. The van der Waals surface area contributed by atoms with Crippen molar-refractivity contribution in [3.8, 4) is 0 Å². The lowest BCUT2D eigenvalue weighted by molar-refractivity contribution is 0.104. The van der Waals surface area contributed by atoms with Crippen molar-refractivity contribution in [1.82, 2.24) is 0 Å². The summed E-state index contributed by atoms with van der Waals surface area (Å²) in [5.41, 5.74) is 1.78. The smallest absolute Gasteiger partial charge is 0.189 e. The van der Waals surface area contributed by atoms with Crippen LogP contribution >= 0.6 is 0 Å².